The number of piperidine rings is 1. The van der Waals surface area contributed by atoms with Crippen LogP contribution < -0.4 is 14.8 Å². The summed E-state index contributed by atoms with van der Waals surface area (Å²) in [5.74, 6) is 2.43. The molecule has 0 radical (unpaired) electrons. The molecule has 1 aliphatic rings. The van der Waals surface area contributed by atoms with Gasteiger partial charge in [-0.25, -0.2) is 0 Å². The second kappa shape index (κ2) is 7.55. The Morgan fingerprint density at radius 2 is 1.95 bits per heavy atom. The van der Waals surface area contributed by atoms with Crippen LogP contribution in [-0.4, -0.2) is 44.8 Å². The number of rotatable bonds is 6. The van der Waals surface area contributed by atoms with E-state index in [1.54, 1.807) is 14.2 Å². The smallest absolute Gasteiger partial charge is 0.142 e. The van der Waals surface area contributed by atoms with E-state index in [0.29, 0.717) is 12.0 Å². The summed E-state index contributed by atoms with van der Waals surface area (Å²) in [7, 11) is 3.40. The maximum Gasteiger partial charge on any atom is 0.142 e. The monoisotopic (exact) mass is 292 g/mol. The van der Waals surface area contributed by atoms with Crippen LogP contribution in [0.3, 0.4) is 0 Å². The molecule has 1 atom stereocenters. The van der Waals surface area contributed by atoms with Crippen molar-refractivity contribution >= 4 is 5.69 Å². The Kier molecular flexibility index (Phi) is 5.74. The zero-order chi connectivity index (χ0) is 15.2. The van der Waals surface area contributed by atoms with Gasteiger partial charge in [-0.1, -0.05) is 6.92 Å². The lowest BCUT2D eigenvalue weighted by Crippen LogP contribution is -2.39. The summed E-state index contributed by atoms with van der Waals surface area (Å²) in [6.07, 6.45) is 2.52. The number of hydrogen-bond acceptors (Lipinski definition) is 4. The van der Waals surface area contributed by atoms with E-state index in [4.69, 9.17) is 9.47 Å². The molecular formula is C17H28N2O2. The Labute approximate surface area is 128 Å². The Balaban J connectivity index is 2.00. The third-order valence-electron chi connectivity index (χ3n) is 4.58. The number of ether oxygens (including phenoxy) is 2. The van der Waals surface area contributed by atoms with Gasteiger partial charge in [0.25, 0.3) is 0 Å². The zero-order valence-electron chi connectivity index (χ0n) is 13.7. The van der Waals surface area contributed by atoms with Gasteiger partial charge in [-0.3, -0.25) is 0 Å². The second-order valence-electron chi connectivity index (χ2n) is 5.77. The maximum absolute atomic E-state index is 5.44. The number of likely N-dealkylation sites (tertiary alicyclic amines) is 1. The van der Waals surface area contributed by atoms with Crippen molar-refractivity contribution in [2.45, 2.75) is 32.7 Å². The van der Waals surface area contributed by atoms with E-state index in [0.717, 1.165) is 23.7 Å². The fourth-order valence-electron chi connectivity index (χ4n) is 3.06. The van der Waals surface area contributed by atoms with Crippen molar-refractivity contribution in [2.24, 2.45) is 5.92 Å². The number of methoxy groups -OCH3 is 2. The first kappa shape index (κ1) is 16.0. The molecule has 2 rings (SSSR count). The van der Waals surface area contributed by atoms with Gasteiger partial charge in [0.1, 0.15) is 11.5 Å². The van der Waals surface area contributed by atoms with Gasteiger partial charge in [-0.15, -0.1) is 0 Å². The fourth-order valence-corrected chi connectivity index (χ4v) is 3.06. The molecule has 4 heteroatoms. The van der Waals surface area contributed by atoms with Gasteiger partial charge in [0.15, 0.2) is 0 Å². The third kappa shape index (κ3) is 4.03. The van der Waals surface area contributed by atoms with Gasteiger partial charge < -0.3 is 19.7 Å². The van der Waals surface area contributed by atoms with Gasteiger partial charge in [0, 0.05) is 12.1 Å². The molecule has 0 aliphatic carbocycles. The van der Waals surface area contributed by atoms with Gasteiger partial charge in [-0.05, 0) is 57.5 Å². The van der Waals surface area contributed by atoms with Gasteiger partial charge >= 0.3 is 0 Å². The van der Waals surface area contributed by atoms with Crippen LogP contribution in [0.5, 0.6) is 11.5 Å². The minimum atomic E-state index is 0.435. The number of hydrogen-bond donors (Lipinski definition) is 1. The molecule has 1 N–H and O–H groups in total. The maximum atomic E-state index is 5.44. The molecule has 118 valence electrons. The molecule has 1 heterocycles. The summed E-state index contributed by atoms with van der Waals surface area (Å²) >= 11 is 0. The van der Waals surface area contributed by atoms with Crippen molar-refractivity contribution in [3.05, 3.63) is 18.2 Å². The second-order valence-corrected chi connectivity index (χ2v) is 5.77. The molecule has 1 saturated heterocycles. The van der Waals surface area contributed by atoms with Crippen molar-refractivity contribution < 1.29 is 9.47 Å². The lowest BCUT2D eigenvalue weighted by molar-refractivity contribution is 0.183. The van der Waals surface area contributed by atoms with E-state index in [1.165, 1.54) is 25.9 Å². The SMILES string of the molecule is CCN1CCC(C(C)Nc2cc(OC)ccc2OC)CC1. The summed E-state index contributed by atoms with van der Waals surface area (Å²) < 4.78 is 10.7. The van der Waals surface area contributed by atoms with Crippen LogP contribution in [0.25, 0.3) is 0 Å². The van der Waals surface area contributed by atoms with Gasteiger partial charge in [0.2, 0.25) is 0 Å². The average Bonchev–Trinajstić information content (AvgIpc) is 2.54. The highest BCUT2D eigenvalue weighted by molar-refractivity contribution is 5.60. The molecule has 1 fully saturated rings. The molecule has 21 heavy (non-hydrogen) atoms. The van der Waals surface area contributed by atoms with E-state index >= 15 is 0 Å². The van der Waals surface area contributed by atoms with Crippen molar-refractivity contribution in [1.29, 1.82) is 0 Å². The highest BCUT2D eigenvalue weighted by Gasteiger charge is 2.23. The summed E-state index contributed by atoms with van der Waals surface area (Å²) in [4.78, 5) is 2.52. The van der Waals surface area contributed by atoms with E-state index in [-0.39, 0.29) is 0 Å². The van der Waals surface area contributed by atoms with Crippen LogP contribution in [0.1, 0.15) is 26.7 Å². The number of nitrogens with one attached hydrogen (secondary N) is 1. The van der Waals surface area contributed by atoms with Gasteiger partial charge in [0.05, 0.1) is 19.9 Å². The van der Waals surface area contributed by atoms with Crippen LogP contribution in [0.15, 0.2) is 18.2 Å². The van der Waals surface area contributed by atoms with Crippen molar-refractivity contribution in [3.63, 3.8) is 0 Å². The Bertz CT molecular complexity index is 442. The summed E-state index contributed by atoms with van der Waals surface area (Å²) in [6.45, 7) is 8.09. The predicted octanol–water partition coefficient (Wildman–Crippen LogP) is 3.24. The van der Waals surface area contributed by atoms with Crippen LogP contribution in [0.4, 0.5) is 5.69 Å². The Hall–Kier alpha value is -1.42. The molecule has 0 bridgehead atoms. The lowest BCUT2D eigenvalue weighted by Gasteiger charge is -2.35. The third-order valence-corrected chi connectivity index (χ3v) is 4.58. The van der Waals surface area contributed by atoms with Crippen LogP contribution >= 0.6 is 0 Å². The standard InChI is InChI=1S/C17H28N2O2/c1-5-19-10-8-14(9-11-19)13(2)18-16-12-15(20-3)6-7-17(16)21-4/h6-7,12-14,18H,5,8-11H2,1-4H3. The quantitative estimate of drug-likeness (QED) is 0.873. The minimum Gasteiger partial charge on any atom is -0.497 e. The Morgan fingerprint density at radius 3 is 2.52 bits per heavy atom. The average molecular weight is 292 g/mol. The van der Waals surface area contributed by atoms with Crippen LogP contribution in [0.2, 0.25) is 0 Å². The fraction of sp³-hybridized carbons (Fsp3) is 0.647. The molecule has 0 amide bonds. The lowest BCUT2D eigenvalue weighted by atomic mass is 9.90. The van der Waals surface area contributed by atoms with E-state index in [9.17, 15) is 0 Å². The van der Waals surface area contributed by atoms with E-state index in [2.05, 4.69) is 24.1 Å². The van der Waals surface area contributed by atoms with E-state index < -0.39 is 0 Å². The molecular weight excluding hydrogens is 264 g/mol. The molecule has 0 aromatic heterocycles. The van der Waals surface area contributed by atoms with Crippen LogP contribution in [-0.2, 0) is 0 Å². The summed E-state index contributed by atoms with van der Waals surface area (Å²) in [6, 6.07) is 6.32. The van der Waals surface area contributed by atoms with Crippen molar-refractivity contribution in [2.75, 3.05) is 39.2 Å². The normalized spacial score (nSPS) is 18.3. The van der Waals surface area contributed by atoms with Crippen molar-refractivity contribution in [1.82, 2.24) is 4.90 Å². The number of nitrogens with zero attached hydrogens (tertiary/aromatic N) is 1. The molecule has 1 aromatic carbocycles. The summed E-state index contributed by atoms with van der Waals surface area (Å²) in [5, 5.41) is 3.62. The van der Waals surface area contributed by atoms with Gasteiger partial charge in [-0.2, -0.15) is 0 Å². The van der Waals surface area contributed by atoms with E-state index in [1.807, 2.05) is 18.2 Å². The predicted molar refractivity (Wildman–Crippen MR) is 87.5 cm³/mol. The summed E-state index contributed by atoms with van der Waals surface area (Å²) in [5.41, 5.74) is 1.02. The van der Waals surface area contributed by atoms with Crippen molar-refractivity contribution in [3.8, 4) is 11.5 Å². The zero-order valence-corrected chi connectivity index (χ0v) is 13.7. The molecule has 0 spiro atoms. The first-order valence-electron chi connectivity index (χ1n) is 7.88. The largest absolute Gasteiger partial charge is 0.497 e. The highest BCUT2D eigenvalue weighted by atomic mass is 16.5. The molecule has 1 aromatic rings. The molecule has 0 saturated carbocycles. The highest BCUT2D eigenvalue weighted by Crippen LogP contribution is 2.31. The Morgan fingerprint density at radius 1 is 1.24 bits per heavy atom. The van der Waals surface area contributed by atoms with Crippen LogP contribution in [0, 0.1) is 5.92 Å². The first-order chi connectivity index (χ1) is 10.2. The molecule has 1 aliphatic heterocycles. The number of anilines is 1. The first-order valence-corrected chi connectivity index (χ1v) is 7.88. The number of benzene rings is 1. The minimum absolute atomic E-state index is 0.435. The molecule has 4 nitrogen and oxygen atoms in total. The molecule has 1 unspecified atom stereocenters. The topological polar surface area (TPSA) is 33.7 Å².